The SMILES string of the molecule is C[C@@H](NCC(=O)N1CCNC(=O)C1)c1ccc(Cl)cc1Cl. The summed E-state index contributed by atoms with van der Waals surface area (Å²) in [6.45, 7) is 3.25. The molecule has 5 nitrogen and oxygen atoms in total. The van der Waals surface area contributed by atoms with E-state index < -0.39 is 0 Å². The predicted octanol–water partition coefficient (Wildman–Crippen LogP) is 1.60. The zero-order chi connectivity index (χ0) is 15.4. The van der Waals surface area contributed by atoms with E-state index in [4.69, 9.17) is 23.2 Å². The van der Waals surface area contributed by atoms with Crippen molar-refractivity contribution < 1.29 is 9.59 Å². The van der Waals surface area contributed by atoms with E-state index >= 15 is 0 Å². The van der Waals surface area contributed by atoms with Crippen LogP contribution in [0.25, 0.3) is 0 Å². The lowest BCUT2D eigenvalue weighted by Crippen LogP contribution is -2.52. The van der Waals surface area contributed by atoms with Crippen LogP contribution >= 0.6 is 23.2 Å². The molecule has 0 aliphatic carbocycles. The first-order valence-electron chi connectivity index (χ1n) is 6.70. The van der Waals surface area contributed by atoms with Crippen molar-refractivity contribution in [3.05, 3.63) is 33.8 Å². The Morgan fingerprint density at radius 1 is 1.48 bits per heavy atom. The molecule has 2 amide bonds. The molecule has 1 fully saturated rings. The van der Waals surface area contributed by atoms with Gasteiger partial charge in [0.2, 0.25) is 11.8 Å². The molecule has 0 aromatic heterocycles. The second-order valence-electron chi connectivity index (χ2n) is 4.93. The summed E-state index contributed by atoms with van der Waals surface area (Å²) in [6.07, 6.45) is 0. The Hall–Kier alpha value is -1.30. The Kier molecular flexibility index (Phi) is 5.45. The average molecular weight is 330 g/mol. The van der Waals surface area contributed by atoms with Gasteiger partial charge in [0, 0.05) is 29.2 Å². The van der Waals surface area contributed by atoms with Gasteiger partial charge in [-0.2, -0.15) is 0 Å². The molecule has 0 bridgehead atoms. The minimum atomic E-state index is -0.122. The summed E-state index contributed by atoms with van der Waals surface area (Å²) in [6, 6.07) is 5.18. The number of carbonyl (C=O) groups is 2. The molecule has 2 rings (SSSR count). The molecule has 1 heterocycles. The third-order valence-corrected chi connectivity index (χ3v) is 3.94. The van der Waals surface area contributed by atoms with Crippen molar-refractivity contribution in [2.45, 2.75) is 13.0 Å². The van der Waals surface area contributed by atoms with Gasteiger partial charge in [-0.05, 0) is 24.6 Å². The molecule has 1 aromatic carbocycles. The molecular weight excluding hydrogens is 313 g/mol. The number of hydrogen-bond donors (Lipinski definition) is 2. The first-order chi connectivity index (χ1) is 9.97. The van der Waals surface area contributed by atoms with Crippen LogP contribution in [0.5, 0.6) is 0 Å². The molecule has 0 saturated carbocycles. The van der Waals surface area contributed by atoms with Crippen molar-refractivity contribution in [3.8, 4) is 0 Å². The number of piperazine rings is 1. The molecule has 21 heavy (non-hydrogen) atoms. The Labute approximate surface area is 133 Å². The zero-order valence-corrected chi connectivity index (χ0v) is 13.2. The summed E-state index contributed by atoms with van der Waals surface area (Å²) in [5.74, 6) is -0.217. The van der Waals surface area contributed by atoms with Crippen LogP contribution in [0.2, 0.25) is 10.0 Å². The van der Waals surface area contributed by atoms with Crippen molar-refractivity contribution >= 4 is 35.0 Å². The molecule has 114 valence electrons. The Balaban J connectivity index is 1.89. The van der Waals surface area contributed by atoms with Gasteiger partial charge in [0.15, 0.2) is 0 Å². The van der Waals surface area contributed by atoms with Gasteiger partial charge in [-0.1, -0.05) is 29.3 Å². The largest absolute Gasteiger partial charge is 0.353 e. The number of amides is 2. The highest BCUT2D eigenvalue weighted by molar-refractivity contribution is 6.35. The van der Waals surface area contributed by atoms with E-state index in [1.165, 1.54) is 0 Å². The van der Waals surface area contributed by atoms with Crippen LogP contribution in [-0.4, -0.2) is 42.9 Å². The van der Waals surface area contributed by atoms with Crippen LogP contribution < -0.4 is 10.6 Å². The highest BCUT2D eigenvalue weighted by atomic mass is 35.5. The molecule has 0 unspecified atom stereocenters. The molecule has 1 atom stereocenters. The first kappa shape index (κ1) is 16.1. The van der Waals surface area contributed by atoms with E-state index in [1.807, 2.05) is 13.0 Å². The van der Waals surface area contributed by atoms with Gasteiger partial charge in [-0.3, -0.25) is 9.59 Å². The molecule has 0 spiro atoms. The van der Waals surface area contributed by atoms with Gasteiger partial charge in [-0.15, -0.1) is 0 Å². The molecule has 1 saturated heterocycles. The fourth-order valence-electron chi connectivity index (χ4n) is 2.17. The third-order valence-electron chi connectivity index (χ3n) is 3.38. The quantitative estimate of drug-likeness (QED) is 0.882. The minimum Gasteiger partial charge on any atom is -0.353 e. The average Bonchev–Trinajstić information content (AvgIpc) is 2.44. The second-order valence-corrected chi connectivity index (χ2v) is 5.78. The summed E-state index contributed by atoms with van der Waals surface area (Å²) in [4.78, 5) is 24.9. The van der Waals surface area contributed by atoms with Gasteiger partial charge in [-0.25, -0.2) is 0 Å². The number of rotatable bonds is 4. The summed E-state index contributed by atoms with van der Waals surface area (Å²) in [5.41, 5.74) is 0.880. The normalized spacial score (nSPS) is 16.5. The minimum absolute atomic E-state index is 0.0858. The van der Waals surface area contributed by atoms with E-state index in [9.17, 15) is 9.59 Å². The molecule has 2 N–H and O–H groups in total. The zero-order valence-electron chi connectivity index (χ0n) is 11.7. The van der Waals surface area contributed by atoms with Crippen molar-refractivity contribution in [2.24, 2.45) is 0 Å². The summed E-state index contributed by atoms with van der Waals surface area (Å²) >= 11 is 12.0. The van der Waals surface area contributed by atoms with Crippen LogP contribution in [0.15, 0.2) is 18.2 Å². The van der Waals surface area contributed by atoms with E-state index in [0.717, 1.165) is 5.56 Å². The lowest BCUT2D eigenvalue weighted by molar-refractivity contribution is -0.137. The lowest BCUT2D eigenvalue weighted by Gasteiger charge is -2.27. The number of carbonyl (C=O) groups excluding carboxylic acids is 2. The van der Waals surface area contributed by atoms with Crippen LogP contribution in [0.4, 0.5) is 0 Å². The van der Waals surface area contributed by atoms with Gasteiger partial charge in [0.1, 0.15) is 0 Å². The van der Waals surface area contributed by atoms with Gasteiger partial charge in [0.05, 0.1) is 13.1 Å². The molecule has 1 aliphatic rings. The highest BCUT2D eigenvalue weighted by Gasteiger charge is 2.21. The molecular formula is C14H17Cl2N3O2. The number of halogens is 2. The van der Waals surface area contributed by atoms with Gasteiger partial charge in [0.25, 0.3) is 0 Å². The summed E-state index contributed by atoms with van der Waals surface area (Å²) < 4.78 is 0. The lowest BCUT2D eigenvalue weighted by atomic mass is 10.1. The van der Waals surface area contributed by atoms with E-state index in [-0.39, 0.29) is 30.9 Å². The van der Waals surface area contributed by atoms with Crippen molar-refractivity contribution in [2.75, 3.05) is 26.2 Å². The van der Waals surface area contributed by atoms with Crippen LogP contribution in [0.3, 0.4) is 0 Å². The second kappa shape index (κ2) is 7.11. The Morgan fingerprint density at radius 3 is 2.90 bits per heavy atom. The maximum absolute atomic E-state index is 12.0. The van der Waals surface area contributed by atoms with Crippen LogP contribution in [0, 0.1) is 0 Å². The van der Waals surface area contributed by atoms with Crippen molar-refractivity contribution in [1.82, 2.24) is 15.5 Å². The summed E-state index contributed by atoms with van der Waals surface area (Å²) in [7, 11) is 0. The highest BCUT2D eigenvalue weighted by Crippen LogP contribution is 2.25. The van der Waals surface area contributed by atoms with Crippen molar-refractivity contribution in [1.29, 1.82) is 0 Å². The van der Waals surface area contributed by atoms with Crippen LogP contribution in [-0.2, 0) is 9.59 Å². The first-order valence-corrected chi connectivity index (χ1v) is 7.46. The number of nitrogens with one attached hydrogen (secondary N) is 2. The maximum Gasteiger partial charge on any atom is 0.239 e. The number of nitrogens with zero attached hydrogens (tertiary/aromatic N) is 1. The smallest absolute Gasteiger partial charge is 0.239 e. The summed E-state index contributed by atoms with van der Waals surface area (Å²) in [5, 5.41) is 6.95. The fraction of sp³-hybridized carbons (Fsp3) is 0.429. The van der Waals surface area contributed by atoms with Crippen molar-refractivity contribution in [3.63, 3.8) is 0 Å². The van der Waals surface area contributed by atoms with Crippen LogP contribution in [0.1, 0.15) is 18.5 Å². The molecule has 1 aromatic rings. The standard InChI is InChI=1S/C14H17Cl2N3O2/c1-9(11-3-2-10(15)6-12(11)16)18-7-14(21)19-5-4-17-13(20)8-19/h2-3,6,9,18H,4-5,7-8H2,1H3,(H,17,20)/t9-/m1/s1. The third kappa shape index (κ3) is 4.33. The molecule has 1 aliphatic heterocycles. The fourth-order valence-corrected chi connectivity index (χ4v) is 2.74. The Bertz CT molecular complexity index is 551. The Morgan fingerprint density at radius 2 is 2.24 bits per heavy atom. The number of benzene rings is 1. The van der Waals surface area contributed by atoms with Gasteiger partial charge < -0.3 is 15.5 Å². The van der Waals surface area contributed by atoms with E-state index in [2.05, 4.69) is 10.6 Å². The topological polar surface area (TPSA) is 61.4 Å². The molecule has 7 heteroatoms. The predicted molar refractivity (Wildman–Crippen MR) is 82.5 cm³/mol. The van der Waals surface area contributed by atoms with E-state index in [1.54, 1.807) is 17.0 Å². The molecule has 0 radical (unpaired) electrons. The maximum atomic E-state index is 12.0. The number of hydrogen-bond acceptors (Lipinski definition) is 3. The monoisotopic (exact) mass is 329 g/mol. The van der Waals surface area contributed by atoms with Gasteiger partial charge >= 0.3 is 0 Å². The van der Waals surface area contributed by atoms with E-state index in [0.29, 0.717) is 23.1 Å².